The molecule has 4 saturated carbocycles. The minimum atomic E-state index is -0.499. The molecule has 6 rings (SSSR count). The molecule has 0 aromatic rings. The molecule has 1 saturated heterocycles. The van der Waals surface area contributed by atoms with Gasteiger partial charge in [0.25, 0.3) is 0 Å². The standard InChI is InChI=1S/C24H34O3/c1-3-8-24(25)20-13-19(20)21-18-5-4-15-14-23(26-11-12-27-23)10-7-16(15)17(18)6-9-22(21,24)2/h3-4,16-21,25H,1,5-14H2,2H3/t16-,17+,18+,19-,20+,21+,22-,24-/m0/s1. The summed E-state index contributed by atoms with van der Waals surface area (Å²) in [6.07, 6.45) is 13.5. The van der Waals surface area contributed by atoms with Crippen molar-refractivity contribution in [3.63, 3.8) is 0 Å². The summed E-state index contributed by atoms with van der Waals surface area (Å²) in [4.78, 5) is 0. The maximum atomic E-state index is 11.7. The van der Waals surface area contributed by atoms with Gasteiger partial charge in [-0.15, -0.1) is 6.58 Å². The van der Waals surface area contributed by atoms with Gasteiger partial charge < -0.3 is 14.6 Å². The predicted molar refractivity (Wildman–Crippen MR) is 104 cm³/mol. The van der Waals surface area contributed by atoms with Gasteiger partial charge in [0.2, 0.25) is 0 Å². The van der Waals surface area contributed by atoms with Gasteiger partial charge in [0.05, 0.1) is 18.8 Å². The lowest BCUT2D eigenvalue weighted by atomic mass is 9.49. The molecule has 3 nitrogen and oxygen atoms in total. The molecule has 0 unspecified atom stereocenters. The van der Waals surface area contributed by atoms with Crippen LogP contribution in [-0.4, -0.2) is 29.7 Å². The maximum absolute atomic E-state index is 11.7. The first-order chi connectivity index (χ1) is 13.0. The van der Waals surface area contributed by atoms with E-state index in [1.54, 1.807) is 5.57 Å². The summed E-state index contributed by atoms with van der Waals surface area (Å²) in [6, 6.07) is 0. The van der Waals surface area contributed by atoms with Gasteiger partial charge in [-0.2, -0.15) is 0 Å². The third kappa shape index (κ3) is 2.09. The summed E-state index contributed by atoms with van der Waals surface area (Å²) < 4.78 is 12.0. The van der Waals surface area contributed by atoms with E-state index in [9.17, 15) is 5.11 Å². The molecule has 1 spiro atoms. The Kier molecular flexibility index (Phi) is 3.50. The third-order valence-corrected chi connectivity index (χ3v) is 9.87. The van der Waals surface area contributed by atoms with Crippen molar-refractivity contribution >= 4 is 0 Å². The van der Waals surface area contributed by atoms with E-state index in [4.69, 9.17) is 9.47 Å². The lowest BCUT2D eigenvalue weighted by molar-refractivity contribution is -0.179. The van der Waals surface area contributed by atoms with Crippen LogP contribution in [0.1, 0.15) is 58.3 Å². The summed E-state index contributed by atoms with van der Waals surface area (Å²) in [5.41, 5.74) is 1.22. The molecule has 0 aromatic carbocycles. The first kappa shape index (κ1) is 17.2. The molecule has 0 radical (unpaired) electrons. The molecule has 5 aliphatic carbocycles. The number of hydrogen-bond donors (Lipinski definition) is 1. The molecule has 0 amide bonds. The van der Waals surface area contributed by atoms with Crippen molar-refractivity contribution in [2.45, 2.75) is 69.7 Å². The Hall–Kier alpha value is -0.640. The van der Waals surface area contributed by atoms with E-state index >= 15 is 0 Å². The van der Waals surface area contributed by atoms with Gasteiger partial charge in [0.1, 0.15) is 0 Å². The first-order valence-electron chi connectivity index (χ1n) is 11.3. The van der Waals surface area contributed by atoms with Gasteiger partial charge >= 0.3 is 0 Å². The van der Waals surface area contributed by atoms with Gasteiger partial charge in [-0.1, -0.05) is 24.6 Å². The fourth-order valence-corrected chi connectivity index (χ4v) is 8.73. The molecule has 8 atom stereocenters. The average Bonchev–Trinajstić information content (AvgIpc) is 3.28. The zero-order valence-corrected chi connectivity index (χ0v) is 16.7. The van der Waals surface area contributed by atoms with E-state index < -0.39 is 5.60 Å². The third-order valence-electron chi connectivity index (χ3n) is 9.87. The van der Waals surface area contributed by atoms with Crippen LogP contribution in [0.5, 0.6) is 0 Å². The fourth-order valence-electron chi connectivity index (χ4n) is 8.73. The van der Waals surface area contributed by atoms with Crippen molar-refractivity contribution in [2.24, 2.45) is 40.9 Å². The average molecular weight is 371 g/mol. The van der Waals surface area contributed by atoms with Crippen LogP contribution in [0.15, 0.2) is 24.3 Å². The van der Waals surface area contributed by atoms with E-state index in [-0.39, 0.29) is 11.2 Å². The van der Waals surface area contributed by atoms with Crippen LogP contribution in [0, 0.1) is 40.9 Å². The highest BCUT2D eigenvalue weighted by molar-refractivity contribution is 5.28. The molecule has 0 aromatic heterocycles. The summed E-state index contributed by atoms with van der Waals surface area (Å²) in [5.74, 6) is 4.02. The van der Waals surface area contributed by atoms with Crippen molar-refractivity contribution in [2.75, 3.05) is 13.2 Å². The van der Waals surface area contributed by atoms with E-state index in [2.05, 4.69) is 19.6 Å². The Morgan fingerprint density at radius 1 is 1.19 bits per heavy atom. The second-order valence-electron chi connectivity index (χ2n) is 10.7. The summed E-state index contributed by atoms with van der Waals surface area (Å²) in [5, 5.41) is 11.7. The minimum absolute atomic E-state index is 0.0921. The molecule has 3 heteroatoms. The van der Waals surface area contributed by atoms with Gasteiger partial charge in [-0.25, -0.2) is 0 Å². The molecule has 1 heterocycles. The van der Waals surface area contributed by atoms with Crippen LogP contribution in [0.4, 0.5) is 0 Å². The first-order valence-corrected chi connectivity index (χ1v) is 11.3. The zero-order valence-electron chi connectivity index (χ0n) is 16.7. The second-order valence-corrected chi connectivity index (χ2v) is 10.7. The fraction of sp³-hybridized carbons (Fsp3) is 0.833. The zero-order chi connectivity index (χ0) is 18.4. The lowest BCUT2D eigenvalue weighted by Crippen LogP contribution is -2.55. The Bertz CT molecular complexity index is 692. The maximum Gasteiger partial charge on any atom is 0.172 e. The number of aliphatic hydroxyl groups is 1. The molecule has 6 aliphatic rings. The highest BCUT2D eigenvalue weighted by Crippen LogP contribution is 2.76. The minimum Gasteiger partial charge on any atom is -0.389 e. The smallest absolute Gasteiger partial charge is 0.172 e. The Balaban J connectivity index is 1.31. The van der Waals surface area contributed by atoms with Crippen LogP contribution in [-0.2, 0) is 9.47 Å². The largest absolute Gasteiger partial charge is 0.389 e. The Morgan fingerprint density at radius 3 is 2.78 bits per heavy atom. The molecular weight excluding hydrogens is 336 g/mol. The SMILES string of the molecule is C=CC[C@]1(O)[C@@H]2C[C@@H]2[C@H]2[C@@H]3CC=C4CC5(CC[C@@H]4[C@H]3CC[C@@]21C)OCCO5. The Morgan fingerprint density at radius 2 is 2.00 bits per heavy atom. The van der Waals surface area contributed by atoms with Crippen molar-refractivity contribution in [1.29, 1.82) is 0 Å². The Labute approximate surface area is 163 Å². The van der Waals surface area contributed by atoms with Crippen LogP contribution < -0.4 is 0 Å². The molecule has 27 heavy (non-hydrogen) atoms. The molecular formula is C24H34O3. The lowest BCUT2D eigenvalue weighted by Gasteiger charge is -2.57. The molecule has 148 valence electrons. The number of allylic oxidation sites excluding steroid dienone is 1. The van der Waals surface area contributed by atoms with Gasteiger partial charge in [-0.05, 0) is 74.0 Å². The van der Waals surface area contributed by atoms with Crippen molar-refractivity contribution in [3.8, 4) is 0 Å². The predicted octanol–water partition coefficient (Wildman–Crippen LogP) is 4.47. The number of rotatable bonds is 2. The quantitative estimate of drug-likeness (QED) is 0.729. The van der Waals surface area contributed by atoms with Gasteiger partial charge in [0.15, 0.2) is 5.79 Å². The monoisotopic (exact) mass is 370 g/mol. The highest BCUT2D eigenvalue weighted by atomic mass is 16.7. The van der Waals surface area contributed by atoms with Crippen molar-refractivity contribution < 1.29 is 14.6 Å². The summed E-state index contributed by atoms with van der Waals surface area (Å²) in [7, 11) is 0. The van der Waals surface area contributed by atoms with Gasteiger partial charge in [-0.3, -0.25) is 0 Å². The summed E-state index contributed by atoms with van der Waals surface area (Å²) >= 11 is 0. The second kappa shape index (κ2) is 5.49. The number of ether oxygens (including phenoxy) is 2. The molecule has 0 bridgehead atoms. The van der Waals surface area contributed by atoms with Crippen LogP contribution in [0.2, 0.25) is 0 Å². The normalized spacial score (nSPS) is 54.5. The topological polar surface area (TPSA) is 38.7 Å². The van der Waals surface area contributed by atoms with E-state index in [0.717, 1.165) is 56.1 Å². The summed E-state index contributed by atoms with van der Waals surface area (Å²) in [6.45, 7) is 7.90. The van der Waals surface area contributed by atoms with Crippen LogP contribution in [0.3, 0.4) is 0 Å². The van der Waals surface area contributed by atoms with Gasteiger partial charge in [0, 0.05) is 18.3 Å². The van der Waals surface area contributed by atoms with Crippen molar-refractivity contribution in [3.05, 3.63) is 24.3 Å². The molecule has 5 fully saturated rings. The number of hydrogen-bond acceptors (Lipinski definition) is 3. The number of fused-ring (bicyclic) bond motifs is 7. The molecule has 1 aliphatic heterocycles. The van der Waals surface area contributed by atoms with Crippen LogP contribution in [0.25, 0.3) is 0 Å². The van der Waals surface area contributed by atoms with E-state index in [1.165, 1.54) is 32.1 Å². The van der Waals surface area contributed by atoms with E-state index in [0.29, 0.717) is 11.8 Å². The van der Waals surface area contributed by atoms with E-state index in [1.807, 2.05) is 6.08 Å². The molecule has 1 N–H and O–H groups in total. The highest BCUT2D eigenvalue weighted by Gasteiger charge is 2.75. The van der Waals surface area contributed by atoms with Crippen LogP contribution >= 0.6 is 0 Å². The van der Waals surface area contributed by atoms with Crippen molar-refractivity contribution in [1.82, 2.24) is 0 Å².